The highest BCUT2D eigenvalue weighted by atomic mass is 32.2. The van der Waals surface area contributed by atoms with Crippen molar-refractivity contribution in [1.29, 1.82) is 0 Å². The predicted octanol–water partition coefficient (Wildman–Crippen LogP) is 1.82. The second-order valence-electron chi connectivity index (χ2n) is 4.53. The van der Waals surface area contributed by atoms with Crippen molar-refractivity contribution in [3.63, 3.8) is 0 Å². The van der Waals surface area contributed by atoms with Crippen LogP contribution in [-0.2, 0) is 9.59 Å². The van der Waals surface area contributed by atoms with E-state index in [1.807, 2.05) is 19.9 Å². The van der Waals surface area contributed by atoms with Crippen LogP contribution >= 0.6 is 11.8 Å². The van der Waals surface area contributed by atoms with Gasteiger partial charge in [0, 0.05) is 12.6 Å². The molecular formula is C13H16N2O2S. The lowest BCUT2D eigenvalue weighted by Crippen LogP contribution is -2.23. The van der Waals surface area contributed by atoms with Crippen molar-refractivity contribution in [1.82, 2.24) is 10.6 Å². The number of thioether (sulfide) groups is 1. The lowest BCUT2D eigenvalue weighted by Gasteiger charge is -2.20. The van der Waals surface area contributed by atoms with Gasteiger partial charge >= 0.3 is 0 Å². The van der Waals surface area contributed by atoms with Gasteiger partial charge in [0.25, 0.3) is 0 Å². The summed E-state index contributed by atoms with van der Waals surface area (Å²) in [6.45, 7) is 5.48. The molecule has 1 aliphatic heterocycles. The molecule has 0 radical (unpaired) electrons. The second-order valence-corrected chi connectivity index (χ2v) is 5.52. The molecule has 0 bridgehead atoms. The fourth-order valence-electron chi connectivity index (χ4n) is 2.13. The standard InChI is InChI=1S/C13H16N2O2S/c1-7-4-10(13-15-11(17)6-18-13)5-8(2)12(7)14-9(3)16/h4H,5-6H2,1-3H3,(H,14,16)(H,15,17). The van der Waals surface area contributed by atoms with Gasteiger partial charge in [-0.3, -0.25) is 9.59 Å². The van der Waals surface area contributed by atoms with Crippen LogP contribution in [0.5, 0.6) is 0 Å². The number of amides is 2. The normalized spacial score (nSPS) is 23.9. The first-order valence-electron chi connectivity index (χ1n) is 5.79. The first-order valence-corrected chi connectivity index (χ1v) is 6.77. The van der Waals surface area contributed by atoms with Crippen LogP contribution in [0.4, 0.5) is 0 Å². The van der Waals surface area contributed by atoms with Crippen molar-refractivity contribution >= 4 is 23.6 Å². The van der Waals surface area contributed by atoms with Crippen LogP contribution in [-0.4, -0.2) is 17.6 Å². The van der Waals surface area contributed by atoms with Gasteiger partial charge in [0.2, 0.25) is 11.8 Å². The van der Waals surface area contributed by atoms with Gasteiger partial charge < -0.3 is 10.6 Å². The number of rotatable bonds is 1. The Bertz CT molecular complexity index is 515. The summed E-state index contributed by atoms with van der Waals surface area (Å²) in [5.74, 6) is 0.493. The van der Waals surface area contributed by atoms with Gasteiger partial charge in [0.1, 0.15) is 0 Å². The summed E-state index contributed by atoms with van der Waals surface area (Å²) in [6.07, 6.45) is 2.79. The fraction of sp³-hybridized carbons (Fsp3) is 0.385. The first-order chi connectivity index (χ1) is 8.47. The Morgan fingerprint density at radius 3 is 2.67 bits per heavy atom. The number of hydrogen-bond donors (Lipinski definition) is 2. The summed E-state index contributed by atoms with van der Waals surface area (Å²) in [4.78, 5) is 22.4. The molecule has 0 aromatic rings. The van der Waals surface area contributed by atoms with Crippen molar-refractivity contribution in [2.45, 2.75) is 27.2 Å². The monoisotopic (exact) mass is 264 g/mol. The summed E-state index contributed by atoms with van der Waals surface area (Å²) in [7, 11) is 0. The summed E-state index contributed by atoms with van der Waals surface area (Å²) >= 11 is 1.54. The smallest absolute Gasteiger partial charge is 0.235 e. The predicted molar refractivity (Wildman–Crippen MR) is 72.5 cm³/mol. The van der Waals surface area contributed by atoms with Crippen molar-refractivity contribution in [2.75, 3.05) is 5.75 Å². The van der Waals surface area contributed by atoms with Crippen LogP contribution in [0.2, 0.25) is 0 Å². The highest BCUT2D eigenvalue weighted by Crippen LogP contribution is 2.33. The third-order valence-corrected chi connectivity index (χ3v) is 3.92. The SMILES string of the molecule is CC(=O)NC1=C(C)CC(=C2NC(=O)CS2)C=C1C. The van der Waals surface area contributed by atoms with Gasteiger partial charge in [-0.05, 0) is 37.0 Å². The summed E-state index contributed by atoms with van der Waals surface area (Å²) in [5, 5.41) is 6.67. The van der Waals surface area contributed by atoms with Crippen LogP contribution < -0.4 is 10.6 Å². The maximum absolute atomic E-state index is 11.2. The molecule has 0 aromatic heterocycles. The quantitative estimate of drug-likeness (QED) is 0.759. The van der Waals surface area contributed by atoms with Crippen molar-refractivity contribution in [2.24, 2.45) is 0 Å². The van der Waals surface area contributed by atoms with Crippen LogP contribution in [0, 0.1) is 0 Å². The van der Waals surface area contributed by atoms with Crippen LogP contribution in [0.1, 0.15) is 27.2 Å². The topological polar surface area (TPSA) is 58.2 Å². The van der Waals surface area contributed by atoms with E-state index in [4.69, 9.17) is 0 Å². The third kappa shape index (κ3) is 2.67. The Labute approximate surface area is 111 Å². The highest BCUT2D eigenvalue weighted by Gasteiger charge is 2.22. The number of allylic oxidation sites excluding steroid dienone is 4. The molecule has 1 heterocycles. The van der Waals surface area contributed by atoms with Gasteiger partial charge in [-0.1, -0.05) is 17.8 Å². The van der Waals surface area contributed by atoms with E-state index in [-0.39, 0.29) is 11.8 Å². The maximum atomic E-state index is 11.2. The average Bonchev–Trinajstić information content (AvgIpc) is 2.70. The Morgan fingerprint density at radius 1 is 1.44 bits per heavy atom. The van der Waals surface area contributed by atoms with Gasteiger partial charge in [-0.2, -0.15) is 0 Å². The molecule has 2 aliphatic rings. The molecule has 18 heavy (non-hydrogen) atoms. The molecule has 2 rings (SSSR count). The van der Waals surface area contributed by atoms with Crippen LogP contribution in [0.15, 0.2) is 33.5 Å². The minimum Gasteiger partial charge on any atom is -0.326 e. The Hall–Kier alpha value is -1.49. The molecular weight excluding hydrogens is 248 g/mol. The molecule has 1 aliphatic carbocycles. The Balaban J connectivity index is 2.27. The largest absolute Gasteiger partial charge is 0.326 e. The summed E-state index contributed by atoms with van der Waals surface area (Å²) in [6, 6.07) is 0. The molecule has 0 spiro atoms. The number of carbonyl (C=O) groups is 2. The van der Waals surface area contributed by atoms with Crippen LogP contribution in [0.25, 0.3) is 0 Å². The molecule has 0 unspecified atom stereocenters. The molecule has 1 fully saturated rings. The molecule has 0 atom stereocenters. The van der Waals surface area contributed by atoms with E-state index in [9.17, 15) is 9.59 Å². The van der Waals surface area contributed by atoms with E-state index in [1.165, 1.54) is 6.92 Å². The zero-order valence-corrected chi connectivity index (χ0v) is 11.5. The molecule has 4 nitrogen and oxygen atoms in total. The zero-order valence-electron chi connectivity index (χ0n) is 10.7. The van der Waals surface area contributed by atoms with Gasteiger partial charge in [-0.15, -0.1) is 0 Å². The lowest BCUT2D eigenvalue weighted by molar-refractivity contribution is -0.118. The molecule has 96 valence electrons. The fourth-order valence-corrected chi connectivity index (χ4v) is 2.98. The molecule has 2 amide bonds. The minimum atomic E-state index is -0.0586. The maximum Gasteiger partial charge on any atom is 0.235 e. The van der Waals surface area contributed by atoms with E-state index in [2.05, 4.69) is 10.6 Å². The molecule has 0 saturated carbocycles. The minimum absolute atomic E-state index is 0.0582. The highest BCUT2D eigenvalue weighted by molar-refractivity contribution is 8.04. The van der Waals surface area contributed by atoms with E-state index >= 15 is 0 Å². The molecule has 5 heteroatoms. The number of carbonyl (C=O) groups excluding carboxylic acids is 2. The summed E-state index contributed by atoms with van der Waals surface area (Å²) in [5.41, 5.74) is 4.17. The van der Waals surface area contributed by atoms with Gasteiger partial charge in [0.15, 0.2) is 0 Å². The van der Waals surface area contributed by atoms with E-state index in [1.54, 1.807) is 11.8 Å². The second kappa shape index (κ2) is 5.02. The molecule has 1 saturated heterocycles. The lowest BCUT2D eigenvalue weighted by atomic mass is 9.94. The van der Waals surface area contributed by atoms with E-state index < -0.39 is 0 Å². The van der Waals surface area contributed by atoms with Crippen molar-refractivity contribution in [3.8, 4) is 0 Å². The first kappa shape index (κ1) is 13.0. The van der Waals surface area contributed by atoms with Gasteiger partial charge in [0.05, 0.1) is 10.8 Å². The van der Waals surface area contributed by atoms with Crippen LogP contribution in [0.3, 0.4) is 0 Å². The van der Waals surface area contributed by atoms with Crippen molar-refractivity contribution < 1.29 is 9.59 Å². The zero-order chi connectivity index (χ0) is 13.3. The number of nitrogens with one attached hydrogen (secondary N) is 2. The van der Waals surface area contributed by atoms with Crippen molar-refractivity contribution in [3.05, 3.63) is 33.5 Å². The average molecular weight is 264 g/mol. The summed E-state index contributed by atoms with van der Waals surface area (Å²) < 4.78 is 0. The number of hydrogen-bond acceptors (Lipinski definition) is 3. The third-order valence-electron chi connectivity index (χ3n) is 2.86. The van der Waals surface area contributed by atoms with E-state index in [0.29, 0.717) is 5.75 Å². The molecule has 0 aromatic carbocycles. The molecule has 2 N–H and O–H groups in total. The Kier molecular flexibility index (Phi) is 3.61. The Morgan fingerprint density at radius 2 is 2.17 bits per heavy atom. The van der Waals surface area contributed by atoms with Gasteiger partial charge in [-0.25, -0.2) is 0 Å². The van der Waals surface area contributed by atoms with E-state index in [0.717, 1.165) is 33.9 Å².